The second-order valence-corrected chi connectivity index (χ2v) is 17.3. The van der Waals surface area contributed by atoms with Crippen molar-refractivity contribution in [2.75, 3.05) is 61.7 Å². The summed E-state index contributed by atoms with van der Waals surface area (Å²) in [6.07, 6.45) is 7.03. The molecule has 0 spiro atoms. The van der Waals surface area contributed by atoms with Gasteiger partial charge < -0.3 is 40.5 Å². The van der Waals surface area contributed by atoms with E-state index in [-0.39, 0.29) is 45.8 Å². The van der Waals surface area contributed by atoms with Crippen LogP contribution in [0.3, 0.4) is 0 Å². The Balaban J connectivity index is 0.753. The fourth-order valence-corrected chi connectivity index (χ4v) is 9.18. The van der Waals surface area contributed by atoms with Crippen LogP contribution in [-0.2, 0) is 9.59 Å². The van der Waals surface area contributed by atoms with E-state index < -0.39 is 11.6 Å². The number of amides is 2. The highest BCUT2D eigenvalue weighted by Gasteiger charge is 2.43. The quantitative estimate of drug-likeness (QED) is 0.0924. The zero-order chi connectivity index (χ0) is 44.5. The fourth-order valence-electron chi connectivity index (χ4n) is 8.82. The van der Waals surface area contributed by atoms with Gasteiger partial charge in [0.25, 0.3) is 0 Å². The molecular formula is C46H46Cl2F2N10O4. The summed E-state index contributed by atoms with van der Waals surface area (Å²) >= 11 is 12.0. The molecule has 2 saturated heterocycles. The molecule has 9 rings (SSSR count). The van der Waals surface area contributed by atoms with Crippen molar-refractivity contribution >= 4 is 91.2 Å². The molecule has 332 valence electrons. The fraction of sp³-hybridized carbons (Fsp3) is 0.348. The zero-order valence-electron chi connectivity index (χ0n) is 35.1. The Bertz CT molecular complexity index is 2550. The Hall–Kier alpha value is -6.26. The number of anilines is 6. The summed E-state index contributed by atoms with van der Waals surface area (Å²) < 4.78 is 39.0. The maximum Gasteiger partial charge on any atom is 0.225 e. The lowest BCUT2D eigenvalue weighted by Crippen LogP contribution is -2.51. The number of nitrogens with zero attached hydrogens (tertiary/aromatic N) is 6. The first-order chi connectivity index (χ1) is 31.0. The van der Waals surface area contributed by atoms with Crippen molar-refractivity contribution in [1.82, 2.24) is 29.7 Å². The van der Waals surface area contributed by atoms with Gasteiger partial charge in [-0.05, 0) is 87.1 Å². The number of halogens is 4. The van der Waals surface area contributed by atoms with E-state index in [0.29, 0.717) is 84.6 Å². The molecule has 3 fully saturated rings. The lowest BCUT2D eigenvalue weighted by atomic mass is 9.73. The molecule has 4 N–H and O–H groups in total. The largest absolute Gasteiger partial charge is 0.495 e. The maximum absolute atomic E-state index is 13.8. The van der Waals surface area contributed by atoms with Crippen molar-refractivity contribution in [2.45, 2.75) is 50.6 Å². The standard InChI is InChI=1S/C46H46Cl2F2N10O4/c1-63-41-21-37-31(43(53-23-51-37)57-29-3-5-35(49)33(47)17-29)19-39(41)55-27-7-11-59(12-8-27)45(61)25-15-26(16-25)46(62)60-13-9-28(10-14-60)56-40-20-32-38(22-42(40)64-2)52-24-54-44(32)58-30-4-6-36(50)34(48)18-30/h3-6,17-28,55-56H,7-16H2,1-2H3,(H,51,53,57)(H,52,54,58). The monoisotopic (exact) mass is 910 g/mol. The molecule has 18 heteroatoms. The minimum absolute atomic E-state index is 0.00383. The second kappa shape index (κ2) is 18.5. The average Bonchev–Trinajstić information content (AvgIpc) is 3.28. The van der Waals surface area contributed by atoms with E-state index in [0.717, 1.165) is 47.8 Å². The molecule has 14 nitrogen and oxygen atoms in total. The molecule has 4 heterocycles. The van der Waals surface area contributed by atoms with Crippen LogP contribution in [0.2, 0.25) is 10.0 Å². The van der Waals surface area contributed by atoms with E-state index in [1.54, 1.807) is 26.4 Å². The van der Waals surface area contributed by atoms with Gasteiger partial charge in [-0.1, -0.05) is 23.2 Å². The van der Waals surface area contributed by atoms with Crippen molar-refractivity contribution in [3.05, 3.63) is 95.0 Å². The molecule has 4 aromatic carbocycles. The number of fused-ring (bicyclic) bond motifs is 2. The highest BCUT2D eigenvalue weighted by atomic mass is 35.5. The molecule has 64 heavy (non-hydrogen) atoms. The number of ether oxygens (including phenoxy) is 2. The zero-order valence-corrected chi connectivity index (χ0v) is 36.6. The SMILES string of the molecule is COc1cc2ncnc(Nc3ccc(F)c(Cl)c3)c2cc1NC1CCN(C(=O)C2CC(C(=O)N3CCC(Nc4cc5c(Nc6ccc(F)c(Cl)c6)ncnc5cc4OC)CC3)C2)CC1. The number of carbonyl (C=O) groups is 2. The number of likely N-dealkylation sites (tertiary alicyclic amines) is 2. The topological polar surface area (TPSA) is 159 Å². The van der Waals surface area contributed by atoms with Gasteiger partial charge in [0, 0.05) is 84.4 Å². The van der Waals surface area contributed by atoms with Gasteiger partial charge in [-0.25, -0.2) is 28.7 Å². The van der Waals surface area contributed by atoms with Crippen molar-refractivity contribution in [1.29, 1.82) is 0 Å². The molecule has 0 unspecified atom stereocenters. The number of nitrogens with one attached hydrogen (secondary N) is 4. The number of methoxy groups -OCH3 is 2. The van der Waals surface area contributed by atoms with Gasteiger partial charge in [0.2, 0.25) is 11.8 Å². The van der Waals surface area contributed by atoms with Gasteiger partial charge in [-0.15, -0.1) is 0 Å². The third-order valence-electron chi connectivity index (χ3n) is 12.4. The van der Waals surface area contributed by atoms with Gasteiger partial charge in [-0.2, -0.15) is 0 Å². The summed E-state index contributed by atoms with van der Waals surface area (Å²) in [5, 5.41) is 15.2. The molecule has 0 atom stereocenters. The number of hydrogen-bond acceptors (Lipinski definition) is 12. The third kappa shape index (κ3) is 9.06. The van der Waals surface area contributed by atoms with Gasteiger partial charge in [-0.3, -0.25) is 9.59 Å². The smallest absolute Gasteiger partial charge is 0.225 e. The van der Waals surface area contributed by atoms with Gasteiger partial charge in [0.05, 0.1) is 46.7 Å². The number of hydrogen-bond donors (Lipinski definition) is 4. The number of rotatable bonds is 12. The predicted octanol–water partition coefficient (Wildman–Crippen LogP) is 9.19. The highest BCUT2D eigenvalue weighted by molar-refractivity contribution is 6.31. The molecule has 3 aliphatic rings. The number of aromatic nitrogens is 4. The Morgan fingerprint density at radius 2 is 1.02 bits per heavy atom. The third-order valence-corrected chi connectivity index (χ3v) is 13.0. The van der Waals surface area contributed by atoms with Crippen molar-refractivity contribution in [3.63, 3.8) is 0 Å². The normalized spacial score (nSPS) is 18.1. The van der Waals surface area contributed by atoms with E-state index in [2.05, 4.69) is 41.2 Å². The lowest BCUT2D eigenvalue weighted by Gasteiger charge is -2.42. The van der Waals surface area contributed by atoms with Gasteiger partial charge in [0.1, 0.15) is 47.4 Å². The summed E-state index contributed by atoms with van der Waals surface area (Å²) in [6.45, 7) is 2.44. The molecule has 1 aliphatic carbocycles. The Morgan fingerprint density at radius 1 is 0.609 bits per heavy atom. The van der Waals surface area contributed by atoms with Crippen LogP contribution in [0, 0.1) is 23.5 Å². The van der Waals surface area contributed by atoms with Crippen LogP contribution in [-0.4, -0.2) is 94.0 Å². The van der Waals surface area contributed by atoms with Crippen molar-refractivity contribution in [3.8, 4) is 11.5 Å². The van der Waals surface area contributed by atoms with Crippen LogP contribution < -0.4 is 30.7 Å². The molecule has 2 amide bonds. The Labute approximate surface area is 378 Å². The first kappa shape index (κ1) is 43.0. The van der Waals surface area contributed by atoms with Crippen molar-refractivity contribution in [2.24, 2.45) is 11.8 Å². The minimum atomic E-state index is -0.506. The lowest BCUT2D eigenvalue weighted by molar-refractivity contribution is -0.148. The van der Waals surface area contributed by atoms with Crippen LogP contribution >= 0.6 is 23.2 Å². The van der Waals surface area contributed by atoms with Gasteiger partial charge >= 0.3 is 0 Å². The van der Waals surface area contributed by atoms with Gasteiger partial charge in [0.15, 0.2) is 0 Å². The Morgan fingerprint density at radius 3 is 1.39 bits per heavy atom. The van der Waals surface area contributed by atoms with Crippen LogP contribution in [0.1, 0.15) is 38.5 Å². The van der Waals surface area contributed by atoms with E-state index in [1.165, 1.54) is 36.9 Å². The van der Waals surface area contributed by atoms with E-state index in [1.807, 2.05) is 34.1 Å². The molecule has 1 saturated carbocycles. The minimum Gasteiger partial charge on any atom is -0.495 e. The first-order valence-electron chi connectivity index (χ1n) is 21.2. The van der Waals surface area contributed by atoms with E-state index >= 15 is 0 Å². The highest BCUT2D eigenvalue weighted by Crippen LogP contribution is 2.40. The maximum atomic E-state index is 13.8. The van der Waals surface area contributed by atoms with Crippen LogP contribution in [0.25, 0.3) is 21.8 Å². The summed E-state index contributed by atoms with van der Waals surface area (Å²) in [4.78, 5) is 48.8. The van der Waals surface area contributed by atoms with Crippen molar-refractivity contribution < 1.29 is 27.8 Å². The molecular weight excluding hydrogens is 865 g/mol. The predicted molar refractivity (Wildman–Crippen MR) is 244 cm³/mol. The second-order valence-electron chi connectivity index (χ2n) is 16.4. The van der Waals surface area contributed by atoms with Crippen LogP contribution in [0.5, 0.6) is 11.5 Å². The van der Waals surface area contributed by atoms with Crippen LogP contribution in [0.15, 0.2) is 73.3 Å². The van der Waals surface area contributed by atoms with E-state index in [4.69, 9.17) is 32.7 Å². The molecule has 6 aromatic rings. The number of piperidine rings is 2. The number of carbonyl (C=O) groups excluding carboxylic acids is 2. The molecule has 2 aliphatic heterocycles. The summed E-state index contributed by atoms with van der Waals surface area (Å²) in [7, 11) is 3.22. The molecule has 0 radical (unpaired) electrons. The summed E-state index contributed by atoms with van der Waals surface area (Å²) in [6, 6.07) is 16.5. The number of benzene rings is 4. The molecule has 0 bridgehead atoms. The average molecular weight is 912 g/mol. The summed E-state index contributed by atoms with van der Waals surface area (Å²) in [5.74, 6) is 1.27. The first-order valence-corrected chi connectivity index (χ1v) is 22.0. The molecule has 2 aromatic heterocycles. The Kier molecular flexibility index (Phi) is 12.4. The van der Waals surface area contributed by atoms with Crippen LogP contribution in [0.4, 0.5) is 43.2 Å². The summed E-state index contributed by atoms with van der Waals surface area (Å²) in [5.41, 5.74) is 4.06. The van der Waals surface area contributed by atoms with E-state index in [9.17, 15) is 18.4 Å².